The SMILES string of the molecule is CO[C@@H]1CN[C@H](CN2CC(C)(C)OC(C)(C)C2)C1. The van der Waals surface area contributed by atoms with E-state index < -0.39 is 0 Å². The van der Waals surface area contributed by atoms with Gasteiger partial charge in [0, 0.05) is 39.3 Å². The number of hydrogen-bond donors (Lipinski definition) is 1. The van der Waals surface area contributed by atoms with Gasteiger partial charge < -0.3 is 14.8 Å². The van der Waals surface area contributed by atoms with E-state index in [1.807, 2.05) is 0 Å². The van der Waals surface area contributed by atoms with Gasteiger partial charge >= 0.3 is 0 Å². The van der Waals surface area contributed by atoms with Crippen molar-refractivity contribution >= 4 is 0 Å². The summed E-state index contributed by atoms with van der Waals surface area (Å²) in [5.74, 6) is 0. The van der Waals surface area contributed by atoms with Gasteiger partial charge in [0.05, 0.1) is 17.3 Å². The highest BCUT2D eigenvalue weighted by atomic mass is 16.5. The highest BCUT2D eigenvalue weighted by Crippen LogP contribution is 2.28. The van der Waals surface area contributed by atoms with Gasteiger partial charge in [-0.25, -0.2) is 0 Å². The van der Waals surface area contributed by atoms with E-state index in [1.54, 1.807) is 7.11 Å². The summed E-state index contributed by atoms with van der Waals surface area (Å²) in [6.07, 6.45) is 1.51. The minimum Gasteiger partial charge on any atom is -0.380 e. The molecule has 2 fully saturated rings. The maximum atomic E-state index is 6.11. The molecular formula is C14H28N2O2. The second-order valence-corrected chi connectivity index (χ2v) is 6.99. The topological polar surface area (TPSA) is 33.7 Å². The van der Waals surface area contributed by atoms with E-state index in [2.05, 4.69) is 37.9 Å². The highest BCUT2D eigenvalue weighted by Gasteiger charge is 2.39. The number of morpholine rings is 1. The number of methoxy groups -OCH3 is 1. The molecule has 0 aromatic carbocycles. The minimum absolute atomic E-state index is 0.0546. The first-order valence-electron chi connectivity index (χ1n) is 6.98. The summed E-state index contributed by atoms with van der Waals surface area (Å²) in [7, 11) is 1.80. The van der Waals surface area contributed by atoms with Crippen LogP contribution in [0.2, 0.25) is 0 Å². The molecular weight excluding hydrogens is 228 g/mol. The van der Waals surface area contributed by atoms with Crippen LogP contribution in [0.25, 0.3) is 0 Å². The van der Waals surface area contributed by atoms with Gasteiger partial charge in [-0.15, -0.1) is 0 Å². The Morgan fingerprint density at radius 2 is 1.83 bits per heavy atom. The number of hydrogen-bond acceptors (Lipinski definition) is 4. The van der Waals surface area contributed by atoms with Crippen LogP contribution in [0, 0.1) is 0 Å². The predicted octanol–water partition coefficient (Wildman–Crippen LogP) is 1.25. The molecule has 0 amide bonds. The number of nitrogens with zero attached hydrogens (tertiary/aromatic N) is 1. The summed E-state index contributed by atoms with van der Waals surface area (Å²) in [6.45, 7) is 12.8. The summed E-state index contributed by atoms with van der Waals surface area (Å²) in [6, 6.07) is 0.555. The molecule has 4 heteroatoms. The maximum absolute atomic E-state index is 6.11. The smallest absolute Gasteiger partial charge is 0.0760 e. The Morgan fingerprint density at radius 1 is 1.22 bits per heavy atom. The van der Waals surface area contributed by atoms with Crippen LogP contribution in [0.1, 0.15) is 34.1 Å². The molecule has 2 saturated heterocycles. The zero-order valence-electron chi connectivity index (χ0n) is 12.5. The maximum Gasteiger partial charge on any atom is 0.0760 e. The lowest BCUT2D eigenvalue weighted by atomic mass is 9.98. The molecule has 2 rings (SSSR count). The third kappa shape index (κ3) is 3.67. The van der Waals surface area contributed by atoms with E-state index in [-0.39, 0.29) is 11.2 Å². The highest BCUT2D eigenvalue weighted by molar-refractivity contribution is 4.92. The average Bonchev–Trinajstić information content (AvgIpc) is 2.60. The Hall–Kier alpha value is -0.160. The molecule has 18 heavy (non-hydrogen) atoms. The summed E-state index contributed by atoms with van der Waals surface area (Å²) in [4.78, 5) is 2.53. The van der Waals surface area contributed by atoms with Crippen LogP contribution in [-0.4, -0.2) is 61.5 Å². The molecule has 0 aromatic heterocycles. The van der Waals surface area contributed by atoms with E-state index in [4.69, 9.17) is 9.47 Å². The van der Waals surface area contributed by atoms with Crippen molar-refractivity contribution in [3.05, 3.63) is 0 Å². The fourth-order valence-corrected chi connectivity index (χ4v) is 3.49. The third-order valence-electron chi connectivity index (χ3n) is 3.75. The second-order valence-electron chi connectivity index (χ2n) is 6.99. The molecule has 0 aliphatic carbocycles. The molecule has 0 aromatic rings. The molecule has 0 radical (unpaired) electrons. The van der Waals surface area contributed by atoms with Crippen LogP contribution in [0.4, 0.5) is 0 Å². The van der Waals surface area contributed by atoms with Gasteiger partial charge in [0.2, 0.25) is 0 Å². The molecule has 2 aliphatic rings. The summed E-state index contributed by atoms with van der Waals surface area (Å²) < 4.78 is 11.5. The zero-order valence-corrected chi connectivity index (χ0v) is 12.5. The quantitative estimate of drug-likeness (QED) is 0.824. The van der Waals surface area contributed by atoms with Crippen molar-refractivity contribution in [3.8, 4) is 0 Å². The Kier molecular flexibility index (Phi) is 4.02. The largest absolute Gasteiger partial charge is 0.380 e. The zero-order chi connectivity index (χ0) is 13.4. The first kappa shape index (κ1) is 14.3. The van der Waals surface area contributed by atoms with Crippen LogP contribution in [0.15, 0.2) is 0 Å². The molecule has 106 valence electrons. The lowest BCUT2D eigenvalue weighted by Gasteiger charge is -2.47. The summed E-state index contributed by atoms with van der Waals surface area (Å²) in [5.41, 5.74) is -0.109. The molecule has 0 spiro atoms. The minimum atomic E-state index is -0.0546. The number of ether oxygens (including phenoxy) is 2. The Labute approximate surface area is 111 Å². The molecule has 4 nitrogen and oxygen atoms in total. The monoisotopic (exact) mass is 256 g/mol. The van der Waals surface area contributed by atoms with Crippen LogP contribution in [0.5, 0.6) is 0 Å². The third-order valence-corrected chi connectivity index (χ3v) is 3.75. The predicted molar refractivity (Wildman–Crippen MR) is 72.9 cm³/mol. The molecule has 1 N–H and O–H groups in total. The molecule has 2 heterocycles. The standard InChI is InChI=1S/C14H28N2O2/c1-13(2)9-16(10-14(3,4)18-13)8-11-6-12(17-5)7-15-11/h11-12,15H,6-10H2,1-5H3/t11-,12-/m0/s1. The molecule has 2 atom stereocenters. The van der Waals surface area contributed by atoms with Gasteiger partial charge in [-0.05, 0) is 34.1 Å². The number of nitrogens with one attached hydrogen (secondary N) is 1. The molecule has 0 bridgehead atoms. The van der Waals surface area contributed by atoms with Crippen molar-refractivity contribution in [1.29, 1.82) is 0 Å². The summed E-state index contributed by atoms with van der Waals surface area (Å²) >= 11 is 0. The van der Waals surface area contributed by atoms with Crippen molar-refractivity contribution < 1.29 is 9.47 Å². The lowest BCUT2D eigenvalue weighted by Crippen LogP contribution is -2.58. The Balaban J connectivity index is 1.89. The Morgan fingerprint density at radius 3 is 2.33 bits per heavy atom. The van der Waals surface area contributed by atoms with Crippen LogP contribution in [0.3, 0.4) is 0 Å². The van der Waals surface area contributed by atoms with Gasteiger partial charge in [0.1, 0.15) is 0 Å². The van der Waals surface area contributed by atoms with Gasteiger partial charge in [-0.1, -0.05) is 0 Å². The number of rotatable bonds is 3. The van der Waals surface area contributed by atoms with Crippen molar-refractivity contribution in [2.24, 2.45) is 0 Å². The second kappa shape index (κ2) is 5.08. The van der Waals surface area contributed by atoms with Crippen LogP contribution < -0.4 is 5.32 Å². The van der Waals surface area contributed by atoms with E-state index in [1.165, 1.54) is 0 Å². The van der Waals surface area contributed by atoms with E-state index in [0.29, 0.717) is 12.1 Å². The fourth-order valence-electron chi connectivity index (χ4n) is 3.49. The van der Waals surface area contributed by atoms with E-state index in [0.717, 1.165) is 32.6 Å². The Bertz CT molecular complexity index is 276. The molecule has 0 saturated carbocycles. The van der Waals surface area contributed by atoms with Crippen LogP contribution >= 0.6 is 0 Å². The van der Waals surface area contributed by atoms with Gasteiger partial charge in [-0.2, -0.15) is 0 Å². The van der Waals surface area contributed by atoms with Crippen LogP contribution in [-0.2, 0) is 9.47 Å². The van der Waals surface area contributed by atoms with E-state index in [9.17, 15) is 0 Å². The van der Waals surface area contributed by atoms with Crippen molar-refractivity contribution in [2.45, 2.75) is 57.5 Å². The van der Waals surface area contributed by atoms with Gasteiger partial charge in [0.25, 0.3) is 0 Å². The summed E-state index contributed by atoms with van der Waals surface area (Å²) in [5, 5.41) is 3.55. The van der Waals surface area contributed by atoms with E-state index >= 15 is 0 Å². The molecule has 0 unspecified atom stereocenters. The fraction of sp³-hybridized carbons (Fsp3) is 1.00. The van der Waals surface area contributed by atoms with Crippen molar-refractivity contribution in [1.82, 2.24) is 10.2 Å². The first-order chi connectivity index (χ1) is 8.30. The molecule has 2 aliphatic heterocycles. The van der Waals surface area contributed by atoms with Crippen molar-refractivity contribution in [2.75, 3.05) is 33.3 Å². The average molecular weight is 256 g/mol. The van der Waals surface area contributed by atoms with Gasteiger partial charge in [-0.3, -0.25) is 4.90 Å². The normalized spacial score (nSPS) is 35.8. The van der Waals surface area contributed by atoms with Gasteiger partial charge in [0.15, 0.2) is 0 Å². The first-order valence-corrected chi connectivity index (χ1v) is 6.98. The lowest BCUT2D eigenvalue weighted by molar-refractivity contribution is -0.181. The van der Waals surface area contributed by atoms with Crippen molar-refractivity contribution in [3.63, 3.8) is 0 Å².